The Kier molecular flexibility index (Phi) is 8.12. The summed E-state index contributed by atoms with van der Waals surface area (Å²) >= 11 is 6.34. The maximum atomic E-state index is 13.2. The number of hydrogen-bond donors (Lipinski definition) is 0. The number of benzene rings is 1. The van der Waals surface area contributed by atoms with Crippen LogP contribution in [0.4, 0.5) is 5.69 Å². The number of rotatable bonds is 8. The Hall–Kier alpha value is -2.44. The average molecular weight is 497 g/mol. The number of pyridine rings is 1. The monoisotopic (exact) mass is 496 g/mol. The highest BCUT2D eigenvalue weighted by atomic mass is 35.5. The van der Waals surface area contributed by atoms with Crippen LogP contribution in [0.1, 0.15) is 53.4 Å². The van der Waals surface area contributed by atoms with Crippen molar-refractivity contribution in [3.05, 3.63) is 57.9 Å². The van der Waals surface area contributed by atoms with Gasteiger partial charge in [-0.15, -0.1) is 0 Å². The Morgan fingerprint density at radius 1 is 1.06 bits per heavy atom. The second-order valence-electron chi connectivity index (χ2n) is 10.2. The van der Waals surface area contributed by atoms with E-state index in [9.17, 15) is 9.59 Å². The Bertz CT molecular complexity index is 1050. The number of nitrogens with zero attached hydrogens (tertiary/aromatic N) is 4. The van der Waals surface area contributed by atoms with Gasteiger partial charge in [-0.2, -0.15) is 0 Å². The number of anilines is 1. The Labute approximate surface area is 214 Å². The van der Waals surface area contributed by atoms with Crippen molar-refractivity contribution in [2.75, 3.05) is 44.2 Å². The van der Waals surface area contributed by atoms with Crippen LogP contribution < -0.4 is 4.90 Å². The molecule has 1 aromatic carbocycles. The fourth-order valence-electron chi connectivity index (χ4n) is 5.56. The minimum absolute atomic E-state index is 0.121. The number of aromatic nitrogens is 1. The van der Waals surface area contributed by atoms with E-state index < -0.39 is 0 Å². The molecule has 2 saturated heterocycles. The molecule has 7 heteroatoms. The Morgan fingerprint density at radius 3 is 2.40 bits per heavy atom. The summed E-state index contributed by atoms with van der Waals surface area (Å²) in [5, 5.41) is 0.694. The van der Waals surface area contributed by atoms with E-state index in [2.05, 4.69) is 9.88 Å². The number of aryl methyl sites for hydroxylation is 3. The van der Waals surface area contributed by atoms with Gasteiger partial charge in [-0.25, -0.2) is 0 Å². The van der Waals surface area contributed by atoms with Crippen molar-refractivity contribution in [2.24, 2.45) is 11.8 Å². The van der Waals surface area contributed by atoms with Crippen LogP contribution in [-0.4, -0.2) is 65.9 Å². The average Bonchev–Trinajstić information content (AvgIpc) is 3.37. The van der Waals surface area contributed by atoms with Crippen LogP contribution in [0.3, 0.4) is 0 Å². The Morgan fingerprint density at radius 2 is 1.77 bits per heavy atom. The van der Waals surface area contributed by atoms with Gasteiger partial charge in [-0.1, -0.05) is 24.6 Å². The molecule has 3 heterocycles. The smallest absolute Gasteiger partial charge is 0.255 e. The highest BCUT2D eigenvalue weighted by molar-refractivity contribution is 6.31. The fraction of sp³-hybridized carbons (Fsp3) is 0.536. The molecular weight excluding hydrogens is 460 g/mol. The molecule has 0 saturated carbocycles. The molecular formula is C28H37ClN4O2. The SMILES string of the molecule is CCCC(=O)N(CCCN1CC2CN(C(=O)c3c(C)ccnc3C)CC2C1)c1ccc(C)c(Cl)c1. The van der Waals surface area contributed by atoms with Gasteiger partial charge in [0.2, 0.25) is 5.91 Å². The molecule has 2 aromatic rings. The molecule has 4 rings (SSSR count). The van der Waals surface area contributed by atoms with Crippen molar-refractivity contribution in [2.45, 2.75) is 47.0 Å². The molecule has 0 bridgehead atoms. The molecule has 0 radical (unpaired) electrons. The third-order valence-electron chi connectivity index (χ3n) is 7.50. The number of amides is 2. The molecule has 2 fully saturated rings. The normalized spacial score (nSPS) is 19.7. The summed E-state index contributed by atoms with van der Waals surface area (Å²) in [5.74, 6) is 1.31. The first kappa shape index (κ1) is 25.6. The van der Waals surface area contributed by atoms with E-state index in [-0.39, 0.29) is 11.8 Å². The standard InChI is InChI=1S/C28H37ClN4O2/c1-5-7-26(34)33(24-9-8-19(2)25(29)14-24)13-6-12-31-15-22-17-32(18-23(22)16-31)28(35)27-20(3)10-11-30-21(27)4/h8-11,14,22-23H,5-7,12-13,15-18H2,1-4H3. The van der Waals surface area contributed by atoms with Gasteiger partial charge in [0.05, 0.1) is 11.3 Å². The van der Waals surface area contributed by atoms with Crippen LogP contribution in [0.25, 0.3) is 0 Å². The van der Waals surface area contributed by atoms with Gasteiger partial charge in [-0.05, 0) is 81.3 Å². The van der Waals surface area contributed by atoms with E-state index in [1.54, 1.807) is 6.20 Å². The predicted molar refractivity (Wildman–Crippen MR) is 141 cm³/mol. The molecule has 2 amide bonds. The fourth-order valence-corrected chi connectivity index (χ4v) is 5.74. The zero-order valence-corrected chi connectivity index (χ0v) is 22.1. The van der Waals surface area contributed by atoms with E-state index in [4.69, 9.17) is 11.6 Å². The lowest BCUT2D eigenvalue weighted by molar-refractivity contribution is -0.118. The van der Waals surface area contributed by atoms with E-state index in [0.717, 1.165) is 73.6 Å². The first-order valence-corrected chi connectivity index (χ1v) is 13.2. The van der Waals surface area contributed by atoms with Crippen molar-refractivity contribution >= 4 is 29.1 Å². The summed E-state index contributed by atoms with van der Waals surface area (Å²) in [7, 11) is 0. The summed E-state index contributed by atoms with van der Waals surface area (Å²) < 4.78 is 0. The lowest BCUT2D eigenvalue weighted by Crippen LogP contribution is -2.36. The van der Waals surface area contributed by atoms with Crippen LogP contribution in [0.5, 0.6) is 0 Å². The molecule has 1 aromatic heterocycles. The van der Waals surface area contributed by atoms with Gasteiger partial charge in [-0.3, -0.25) is 14.6 Å². The summed E-state index contributed by atoms with van der Waals surface area (Å²) in [4.78, 5) is 36.7. The Balaban J connectivity index is 1.31. The quantitative estimate of drug-likeness (QED) is 0.522. The summed E-state index contributed by atoms with van der Waals surface area (Å²) in [5.41, 5.74) is 4.47. The van der Waals surface area contributed by atoms with E-state index in [1.165, 1.54) is 0 Å². The van der Waals surface area contributed by atoms with Crippen molar-refractivity contribution in [1.82, 2.24) is 14.8 Å². The molecule has 188 valence electrons. The number of likely N-dealkylation sites (tertiary alicyclic amines) is 2. The van der Waals surface area contributed by atoms with E-state index in [1.807, 2.05) is 61.8 Å². The summed E-state index contributed by atoms with van der Waals surface area (Å²) in [6.07, 6.45) is 4.05. The van der Waals surface area contributed by atoms with Gasteiger partial charge < -0.3 is 14.7 Å². The lowest BCUT2D eigenvalue weighted by Gasteiger charge is -2.26. The van der Waals surface area contributed by atoms with Crippen molar-refractivity contribution in [1.29, 1.82) is 0 Å². The number of carbonyl (C=O) groups excluding carboxylic acids is 2. The van der Waals surface area contributed by atoms with Crippen molar-refractivity contribution in [3.8, 4) is 0 Å². The second-order valence-corrected chi connectivity index (χ2v) is 10.6. The number of halogens is 1. The maximum Gasteiger partial charge on any atom is 0.255 e. The van der Waals surface area contributed by atoms with Crippen molar-refractivity contribution in [3.63, 3.8) is 0 Å². The molecule has 2 aliphatic heterocycles. The third kappa shape index (κ3) is 5.70. The molecule has 2 unspecified atom stereocenters. The third-order valence-corrected chi connectivity index (χ3v) is 7.91. The minimum Gasteiger partial charge on any atom is -0.338 e. The zero-order chi connectivity index (χ0) is 25.1. The van der Waals surface area contributed by atoms with Crippen LogP contribution in [-0.2, 0) is 4.79 Å². The second kappa shape index (κ2) is 11.1. The summed E-state index contributed by atoms with van der Waals surface area (Å²) in [6, 6.07) is 7.79. The molecule has 0 aliphatic carbocycles. The predicted octanol–water partition coefficient (Wildman–Crippen LogP) is 4.89. The lowest BCUT2D eigenvalue weighted by atomic mass is 10.0. The van der Waals surface area contributed by atoms with Gasteiger partial charge in [0.1, 0.15) is 0 Å². The van der Waals surface area contributed by atoms with Crippen LogP contribution in [0.15, 0.2) is 30.5 Å². The van der Waals surface area contributed by atoms with Gasteiger partial charge in [0, 0.05) is 56.1 Å². The van der Waals surface area contributed by atoms with E-state index >= 15 is 0 Å². The first-order valence-electron chi connectivity index (χ1n) is 12.8. The van der Waals surface area contributed by atoms with Crippen LogP contribution in [0, 0.1) is 32.6 Å². The largest absolute Gasteiger partial charge is 0.338 e. The maximum absolute atomic E-state index is 13.2. The molecule has 2 atom stereocenters. The summed E-state index contributed by atoms with van der Waals surface area (Å²) in [6.45, 7) is 13.2. The first-order chi connectivity index (χ1) is 16.8. The van der Waals surface area contributed by atoms with Crippen LogP contribution >= 0.6 is 11.6 Å². The number of carbonyl (C=O) groups is 2. The van der Waals surface area contributed by atoms with Gasteiger partial charge in [0.15, 0.2) is 0 Å². The number of hydrogen-bond acceptors (Lipinski definition) is 4. The highest BCUT2D eigenvalue weighted by Crippen LogP contribution is 2.32. The molecule has 6 nitrogen and oxygen atoms in total. The van der Waals surface area contributed by atoms with Crippen LogP contribution in [0.2, 0.25) is 5.02 Å². The zero-order valence-electron chi connectivity index (χ0n) is 21.4. The van der Waals surface area contributed by atoms with E-state index in [0.29, 0.717) is 29.8 Å². The minimum atomic E-state index is 0.121. The number of fused-ring (bicyclic) bond motifs is 1. The molecule has 0 N–H and O–H groups in total. The van der Waals surface area contributed by atoms with Crippen molar-refractivity contribution < 1.29 is 9.59 Å². The topological polar surface area (TPSA) is 56.8 Å². The molecule has 2 aliphatic rings. The highest BCUT2D eigenvalue weighted by Gasteiger charge is 2.41. The molecule has 35 heavy (non-hydrogen) atoms. The van der Waals surface area contributed by atoms with Gasteiger partial charge in [0.25, 0.3) is 5.91 Å². The molecule has 0 spiro atoms. The van der Waals surface area contributed by atoms with Gasteiger partial charge >= 0.3 is 0 Å².